The third kappa shape index (κ3) is 5.21. The molecule has 1 amide bonds. The summed E-state index contributed by atoms with van der Waals surface area (Å²) in [5.74, 6) is 0.616. The number of rotatable bonds is 7. The molecule has 0 bridgehead atoms. The molecule has 0 aromatic heterocycles. The number of ether oxygens (including phenoxy) is 2. The van der Waals surface area contributed by atoms with Gasteiger partial charge in [-0.2, -0.15) is 4.31 Å². The fraction of sp³-hybridized carbons (Fsp3) is 0.480. The van der Waals surface area contributed by atoms with Gasteiger partial charge in [0, 0.05) is 37.5 Å². The van der Waals surface area contributed by atoms with Gasteiger partial charge >= 0.3 is 0 Å². The molecule has 1 aliphatic rings. The van der Waals surface area contributed by atoms with Gasteiger partial charge in [0.25, 0.3) is 0 Å². The minimum absolute atomic E-state index is 0.0194. The molecular weight excluding hydrogens is 456 g/mol. The summed E-state index contributed by atoms with van der Waals surface area (Å²) in [4.78, 5) is 13.9. The fourth-order valence-electron chi connectivity index (χ4n) is 4.14. The zero-order chi connectivity index (χ0) is 25.0. The van der Waals surface area contributed by atoms with E-state index in [2.05, 4.69) is 0 Å². The van der Waals surface area contributed by atoms with Gasteiger partial charge in [-0.3, -0.25) is 4.79 Å². The number of carbonyl (C=O) groups excluding carboxylic acids is 1. The summed E-state index contributed by atoms with van der Waals surface area (Å²) in [6.07, 6.45) is -0.0789. The second-order valence-corrected chi connectivity index (χ2v) is 10.6. The van der Waals surface area contributed by atoms with Gasteiger partial charge in [0.05, 0.1) is 20.3 Å². The maximum atomic E-state index is 13.6. The van der Waals surface area contributed by atoms with Crippen molar-refractivity contribution in [3.8, 4) is 22.6 Å². The third-order valence-electron chi connectivity index (χ3n) is 6.27. The van der Waals surface area contributed by atoms with Crippen LogP contribution in [0.4, 0.5) is 0 Å². The molecule has 1 heterocycles. The van der Waals surface area contributed by atoms with E-state index in [4.69, 9.17) is 9.47 Å². The van der Waals surface area contributed by atoms with Crippen molar-refractivity contribution in [1.82, 2.24) is 9.21 Å². The van der Waals surface area contributed by atoms with Gasteiger partial charge in [-0.05, 0) is 30.7 Å². The molecule has 9 heteroatoms. The Labute approximate surface area is 202 Å². The van der Waals surface area contributed by atoms with Crippen molar-refractivity contribution < 1.29 is 27.8 Å². The molecule has 2 aromatic rings. The number of methoxy groups -OCH3 is 1. The average Bonchev–Trinajstić information content (AvgIpc) is 2.84. The van der Waals surface area contributed by atoms with E-state index in [1.165, 1.54) is 10.4 Å². The van der Waals surface area contributed by atoms with Gasteiger partial charge in [0.15, 0.2) is 0 Å². The smallest absolute Gasteiger partial charge is 0.247 e. The van der Waals surface area contributed by atoms with Crippen molar-refractivity contribution in [3.05, 3.63) is 42.5 Å². The Morgan fingerprint density at radius 3 is 2.65 bits per heavy atom. The molecule has 0 aliphatic carbocycles. The number of benzene rings is 2. The van der Waals surface area contributed by atoms with E-state index in [1.54, 1.807) is 45.0 Å². The summed E-state index contributed by atoms with van der Waals surface area (Å²) in [6.45, 7) is 5.55. The van der Waals surface area contributed by atoms with Crippen LogP contribution in [0.2, 0.25) is 0 Å². The van der Waals surface area contributed by atoms with Gasteiger partial charge in [-0.1, -0.05) is 38.1 Å². The standard InChI is InChI=1S/C25H34N2O6S/c1-6-25(29)26(4)15-23-17(2)14-27(18(3)16-28)34(30,31)24-12-11-19(13-22(24)33-23)20-9-7-8-10-21(20)32-5/h7-13,17-18,23,28H,6,14-16H2,1-5H3/t17-,18+,23-/m0/s1. The number of para-hydroxylation sites is 1. The number of amides is 1. The van der Waals surface area contributed by atoms with E-state index in [0.29, 0.717) is 18.7 Å². The van der Waals surface area contributed by atoms with Crippen LogP contribution in [0.15, 0.2) is 47.4 Å². The van der Waals surface area contributed by atoms with Gasteiger partial charge in [-0.25, -0.2) is 8.42 Å². The number of aliphatic hydroxyl groups is 1. The Morgan fingerprint density at radius 1 is 1.29 bits per heavy atom. The van der Waals surface area contributed by atoms with E-state index < -0.39 is 22.2 Å². The molecule has 8 nitrogen and oxygen atoms in total. The first-order chi connectivity index (χ1) is 16.1. The second-order valence-electron chi connectivity index (χ2n) is 8.73. The number of sulfonamides is 1. The van der Waals surface area contributed by atoms with Crippen molar-refractivity contribution in [2.45, 2.75) is 44.2 Å². The van der Waals surface area contributed by atoms with Gasteiger partial charge in [-0.15, -0.1) is 0 Å². The average molecular weight is 491 g/mol. The lowest BCUT2D eigenvalue weighted by Crippen LogP contribution is -2.50. The Kier molecular flexibility index (Phi) is 8.22. The molecular formula is C25H34N2O6S. The quantitative estimate of drug-likeness (QED) is 0.641. The minimum atomic E-state index is -3.94. The summed E-state index contributed by atoms with van der Waals surface area (Å²) in [7, 11) is -0.635. The van der Waals surface area contributed by atoms with Crippen LogP contribution in [0.3, 0.4) is 0 Å². The van der Waals surface area contributed by atoms with Crippen LogP contribution in [0, 0.1) is 5.92 Å². The summed E-state index contributed by atoms with van der Waals surface area (Å²) >= 11 is 0. The van der Waals surface area contributed by atoms with Crippen molar-refractivity contribution in [3.63, 3.8) is 0 Å². The van der Waals surface area contributed by atoms with Crippen LogP contribution in [0.5, 0.6) is 11.5 Å². The Bertz CT molecular complexity index is 1120. The molecule has 3 rings (SSSR count). The molecule has 1 N–H and O–H groups in total. The Morgan fingerprint density at radius 2 is 2.00 bits per heavy atom. The molecule has 0 fully saturated rings. The van der Waals surface area contributed by atoms with Crippen molar-refractivity contribution in [1.29, 1.82) is 0 Å². The van der Waals surface area contributed by atoms with Gasteiger partial charge in [0.1, 0.15) is 22.5 Å². The van der Waals surface area contributed by atoms with E-state index in [0.717, 1.165) is 11.1 Å². The van der Waals surface area contributed by atoms with Crippen LogP contribution >= 0.6 is 0 Å². The summed E-state index contributed by atoms with van der Waals surface area (Å²) in [6, 6.07) is 11.8. The largest absolute Gasteiger partial charge is 0.496 e. The molecule has 0 radical (unpaired) electrons. The predicted octanol–water partition coefficient (Wildman–Crippen LogP) is 3.00. The van der Waals surface area contributed by atoms with E-state index in [1.807, 2.05) is 31.2 Å². The first-order valence-corrected chi connectivity index (χ1v) is 12.9. The Balaban J connectivity index is 2.15. The number of hydrogen-bond acceptors (Lipinski definition) is 6. The predicted molar refractivity (Wildman–Crippen MR) is 130 cm³/mol. The molecule has 2 aromatic carbocycles. The lowest BCUT2D eigenvalue weighted by Gasteiger charge is -2.37. The van der Waals surface area contributed by atoms with Gasteiger partial charge < -0.3 is 19.5 Å². The highest BCUT2D eigenvalue weighted by atomic mass is 32.2. The zero-order valence-corrected chi connectivity index (χ0v) is 21.2. The number of hydrogen-bond donors (Lipinski definition) is 1. The van der Waals surface area contributed by atoms with Crippen LogP contribution in [0.25, 0.3) is 11.1 Å². The topological polar surface area (TPSA) is 96.4 Å². The molecule has 0 spiro atoms. The monoisotopic (exact) mass is 490 g/mol. The van der Waals surface area contributed by atoms with Gasteiger partial charge in [0.2, 0.25) is 15.9 Å². The molecule has 34 heavy (non-hydrogen) atoms. The number of nitrogens with zero attached hydrogens (tertiary/aromatic N) is 2. The maximum Gasteiger partial charge on any atom is 0.247 e. The second kappa shape index (κ2) is 10.8. The lowest BCUT2D eigenvalue weighted by molar-refractivity contribution is -0.131. The number of aliphatic hydroxyl groups excluding tert-OH is 1. The van der Waals surface area contributed by atoms with Crippen LogP contribution in [-0.2, 0) is 14.8 Å². The number of carbonyl (C=O) groups is 1. The zero-order valence-electron chi connectivity index (χ0n) is 20.4. The molecule has 0 unspecified atom stereocenters. The van der Waals surface area contributed by atoms with Crippen LogP contribution in [0.1, 0.15) is 27.2 Å². The summed E-state index contributed by atoms with van der Waals surface area (Å²) in [5.41, 5.74) is 1.55. The van der Waals surface area contributed by atoms with Crippen LogP contribution < -0.4 is 9.47 Å². The molecule has 0 saturated carbocycles. The molecule has 0 saturated heterocycles. The first kappa shape index (κ1) is 26.0. The maximum absolute atomic E-state index is 13.6. The Hall–Kier alpha value is -2.62. The van der Waals surface area contributed by atoms with Crippen LogP contribution in [-0.4, -0.2) is 74.6 Å². The molecule has 1 aliphatic heterocycles. The van der Waals surface area contributed by atoms with Crippen molar-refractivity contribution >= 4 is 15.9 Å². The van der Waals surface area contributed by atoms with Crippen molar-refractivity contribution in [2.24, 2.45) is 5.92 Å². The van der Waals surface area contributed by atoms with Crippen molar-refractivity contribution in [2.75, 3.05) is 33.9 Å². The highest BCUT2D eigenvalue weighted by Gasteiger charge is 2.38. The summed E-state index contributed by atoms with van der Waals surface area (Å²) < 4.78 is 40.4. The van der Waals surface area contributed by atoms with E-state index >= 15 is 0 Å². The first-order valence-electron chi connectivity index (χ1n) is 11.4. The van der Waals surface area contributed by atoms with E-state index in [-0.39, 0.29) is 35.6 Å². The lowest BCUT2D eigenvalue weighted by atomic mass is 10.0. The number of fused-ring (bicyclic) bond motifs is 1. The minimum Gasteiger partial charge on any atom is -0.496 e. The third-order valence-corrected chi connectivity index (χ3v) is 8.29. The SMILES string of the molecule is CCC(=O)N(C)C[C@@H]1Oc2cc(-c3ccccc3OC)ccc2S(=O)(=O)N([C@H](C)CO)C[C@@H]1C. The molecule has 3 atom stereocenters. The summed E-state index contributed by atoms with van der Waals surface area (Å²) in [5, 5.41) is 9.78. The highest BCUT2D eigenvalue weighted by molar-refractivity contribution is 7.89. The normalized spacial score (nSPS) is 20.9. The fourth-order valence-corrected chi connectivity index (χ4v) is 5.96. The van der Waals surface area contributed by atoms with E-state index in [9.17, 15) is 18.3 Å². The molecule has 186 valence electrons. The highest BCUT2D eigenvalue weighted by Crippen LogP contribution is 2.38. The number of likely N-dealkylation sites (N-methyl/N-ethyl adjacent to an activating group) is 1.